The molecule has 0 aromatic rings. The van der Waals surface area contributed by atoms with E-state index in [1.54, 1.807) is 0 Å². The van der Waals surface area contributed by atoms with Gasteiger partial charge in [0.05, 0.1) is 6.10 Å². The molecule has 0 spiro atoms. The third-order valence-electron chi connectivity index (χ3n) is 6.36. The molecule has 3 unspecified atom stereocenters. The van der Waals surface area contributed by atoms with E-state index in [1.807, 2.05) is 0 Å². The summed E-state index contributed by atoms with van der Waals surface area (Å²) in [5, 5.41) is 0. The predicted octanol–water partition coefficient (Wildman–Crippen LogP) is 2.25. The molecule has 1 aliphatic carbocycles. The van der Waals surface area contributed by atoms with E-state index in [1.165, 1.54) is 25.9 Å². The first-order valence-electron chi connectivity index (χ1n) is 7.89. The quantitative estimate of drug-likeness (QED) is 0.833. The minimum atomic E-state index is -0.0460. The lowest BCUT2D eigenvalue weighted by molar-refractivity contribution is -0.165. The Morgan fingerprint density at radius 2 is 1.79 bits per heavy atom. The number of rotatable bonds is 2. The number of hydrogen-bond acceptors (Lipinski definition) is 3. The first kappa shape index (κ1) is 13.8. The third kappa shape index (κ3) is 1.97. The van der Waals surface area contributed by atoms with Gasteiger partial charge in [-0.2, -0.15) is 0 Å². The molecule has 3 aliphatic rings. The second-order valence-electron chi connectivity index (χ2n) is 8.39. The standard InChI is InChI=1S/C16H30N2O/c1-14(2)6-8-18(9-7-14)11-16(17)12-5-10-19-13(12)15(16,3)4/h12-13H,5-11,17H2,1-4H3. The van der Waals surface area contributed by atoms with E-state index < -0.39 is 0 Å². The van der Waals surface area contributed by atoms with Crippen LogP contribution in [0.2, 0.25) is 0 Å². The zero-order chi connectivity index (χ0) is 13.9. The molecule has 0 aromatic carbocycles. The van der Waals surface area contributed by atoms with Crippen molar-refractivity contribution in [2.24, 2.45) is 22.5 Å². The van der Waals surface area contributed by atoms with Gasteiger partial charge < -0.3 is 15.4 Å². The molecule has 0 amide bonds. The van der Waals surface area contributed by atoms with E-state index in [4.69, 9.17) is 10.5 Å². The molecule has 2 N–H and O–H groups in total. The molecular weight excluding hydrogens is 236 g/mol. The maximum Gasteiger partial charge on any atom is 0.0691 e. The van der Waals surface area contributed by atoms with Crippen molar-refractivity contribution in [3.63, 3.8) is 0 Å². The Bertz CT molecular complexity index is 356. The normalized spacial score (nSPS) is 44.7. The summed E-state index contributed by atoms with van der Waals surface area (Å²) in [7, 11) is 0. The van der Waals surface area contributed by atoms with Crippen LogP contribution in [-0.2, 0) is 4.74 Å². The van der Waals surface area contributed by atoms with Crippen LogP contribution in [0.1, 0.15) is 47.0 Å². The summed E-state index contributed by atoms with van der Waals surface area (Å²) in [6.07, 6.45) is 4.16. The predicted molar refractivity (Wildman–Crippen MR) is 78.0 cm³/mol. The van der Waals surface area contributed by atoms with Gasteiger partial charge in [-0.15, -0.1) is 0 Å². The minimum absolute atomic E-state index is 0.0460. The molecule has 2 heterocycles. The van der Waals surface area contributed by atoms with Gasteiger partial charge in [0, 0.05) is 30.0 Å². The molecule has 2 aliphatic heterocycles. The molecule has 3 rings (SSSR count). The Labute approximate surface area is 117 Å². The smallest absolute Gasteiger partial charge is 0.0691 e. The van der Waals surface area contributed by atoms with E-state index in [0.29, 0.717) is 17.4 Å². The van der Waals surface area contributed by atoms with Crippen molar-refractivity contribution in [1.82, 2.24) is 4.90 Å². The summed E-state index contributed by atoms with van der Waals surface area (Å²) in [5.74, 6) is 0.581. The highest BCUT2D eigenvalue weighted by Gasteiger charge is 2.67. The fourth-order valence-electron chi connectivity index (χ4n) is 4.48. The molecule has 0 bridgehead atoms. The third-order valence-corrected chi connectivity index (χ3v) is 6.36. The number of ether oxygens (including phenoxy) is 1. The number of nitrogens with zero attached hydrogens (tertiary/aromatic N) is 1. The van der Waals surface area contributed by atoms with Gasteiger partial charge in [0.25, 0.3) is 0 Å². The van der Waals surface area contributed by atoms with E-state index >= 15 is 0 Å². The summed E-state index contributed by atoms with van der Waals surface area (Å²) in [6, 6.07) is 0. The van der Waals surface area contributed by atoms with Crippen molar-refractivity contribution >= 4 is 0 Å². The summed E-state index contributed by atoms with van der Waals surface area (Å²) in [6.45, 7) is 13.7. The number of likely N-dealkylation sites (tertiary alicyclic amines) is 1. The molecule has 110 valence electrons. The van der Waals surface area contributed by atoms with Gasteiger partial charge in [-0.25, -0.2) is 0 Å². The molecule has 0 radical (unpaired) electrons. The van der Waals surface area contributed by atoms with Crippen molar-refractivity contribution in [3.8, 4) is 0 Å². The van der Waals surface area contributed by atoms with Crippen LogP contribution in [0.4, 0.5) is 0 Å². The highest BCUT2D eigenvalue weighted by molar-refractivity contribution is 5.21. The second-order valence-corrected chi connectivity index (χ2v) is 8.39. The fourth-order valence-corrected chi connectivity index (χ4v) is 4.48. The fraction of sp³-hybridized carbons (Fsp3) is 1.00. The van der Waals surface area contributed by atoms with Gasteiger partial charge >= 0.3 is 0 Å². The first-order valence-corrected chi connectivity index (χ1v) is 7.89. The van der Waals surface area contributed by atoms with Gasteiger partial charge in [-0.05, 0) is 37.8 Å². The average molecular weight is 266 g/mol. The topological polar surface area (TPSA) is 38.5 Å². The molecule has 2 saturated heterocycles. The van der Waals surface area contributed by atoms with Crippen molar-refractivity contribution in [2.75, 3.05) is 26.2 Å². The molecule has 1 saturated carbocycles. The molecule has 3 atom stereocenters. The first-order chi connectivity index (χ1) is 8.76. The van der Waals surface area contributed by atoms with E-state index in [2.05, 4.69) is 32.6 Å². The second kappa shape index (κ2) is 4.19. The van der Waals surface area contributed by atoms with Crippen LogP contribution in [-0.4, -0.2) is 42.8 Å². The molecule has 3 heteroatoms. The van der Waals surface area contributed by atoms with Crippen LogP contribution < -0.4 is 5.73 Å². The lowest BCUT2D eigenvalue weighted by atomic mass is 9.48. The van der Waals surface area contributed by atoms with Crippen LogP contribution in [0.25, 0.3) is 0 Å². The Morgan fingerprint density at radius 3 is 2.42 bits per heavy atom. The van der Waals surface area contributed by atoms with Crippen molar-refractivity contribution < 1.29 is 4.74 Å². The SMILES string of the molecule is CC1(C)CCN(CC2(N)C3CCOC3C2(C)C)CC1. The number of fused-ring (bicyclic) bond motifs is 1. The van der Waals surface area contributed by atoms with Gasteiger partial charge in [0.15, 0.2) is 0 Å². The monoisotopic (exact) mass is 266 g/mol. The van der Waals surface area contributed by atoms with E-state index in [9.17, 15) is 0 Å². The molecule has 0 aromatic heterocycles. The summed E-state index contributed by atoms with van der Waals surface area (Å²) < 4.78 is 5.89. The van der Waals surface area contributed by atoms with Gasteiger partial charge in [-0.1, -0.05) is 27.7 Å². The van der Waals surface area contributed by atoms with Crippen LogP contribution in [0.15, 0.2) is 0 Å². The number of nitrogens with two attached hydrogens (primary N) is 1. The Hall–Kier alpha value is -0.120. The Kier molecular flexibility index (Phi) is 3.05. The zero-order valence-electron chi connectivity index (χ0n) is 13.0. The van der Waals surface area contributed by atoms with Crippen LogP contribution in [0.5, 0.6) is 0 Å². The zero-order valence-corrected chi connectivity index (χ0v) is 13.0. The van der Waals surface area contributed by atoms with Crippen molar-refractivity contribution in [1.29, 1.82) is 0 Å². The maximum absolute atomic E-state index is 6.84. The van der Waals surface area contributed by atoms with E-state index in [0.717, 1.165) is 19.6 Å². The minimum Gasteiger partial charge on any atom is -0.377 e. The Morgan fingerprint density at radius 1 is 1.16 bits per heavy atom. The molecule has 3 fully saturated rings. The number of hydrogen-bond donors (Lipinski definition) is 1. The summed E-state index contributed by atoms with van der Waals surface area (Å²) >= 11 is 0. The van der Waals surface area contributed by atoms with Gasteiger partial charge in [0.2, 0.25) is 0 Å². The number of piperidine rings is 1. The molecular formula is C16H30N2O. The summed E-state index contributed by atoms with van der Waals surface area (Å²) in [5.41, 5.74) is 7.44. The molecule has 3 nitrogen and oxygen atoms in total. The average Bonchev–Trinajstić information content (AvgIpc) is 2.80. The van der Waals surface area contributed by atoms with Gasteiger partial charge in [0.1, 0.15) is 0 Å². The van der Waals surface area contributed by atoms with Crippen molar-refractivity contribution in [2.45, 2.75) is 58.6 Å². The Balaban J connectivity index is 1.66. The highest BCUT2D eigenvalue weighted by atomic mass is 16.5. The summed E-state index contributed by atoms with van der Waals surface area (Å²) in [4.78, 5) is 2.60. The largest absolute Gasteiger partial charge is 0.377 e. The lowest BCUT2D eigenvalue weighted by Crippen LogP contribution is -2.78. The molecule has 19 heavy (non-hydrogen) atoms. The highest BCUT2D eigenvalue weighted by Crippen LogP contribution is 2.58. The lowest BCUT2D eigenvalue weighted by Gasteiger charge is -2.63. The van der Waals surface area contributed by atoms with Crippen LogP contribution >= 0.6 is 0 Å². The maximum atomic E-state index is 6.84. The van der Waals surface area contributed by atoms with Crippen LogP contribution in [0.3, 0.4) is 0 Å². The van der Waals surface area contributed by atoms with Crippen LogP contribution in [0, 0.1) is 16.7 Å². The van der Waals surface area contributed by atoms with E-state index in [-0.39, 0.29) is 11.0 Å². The van der Waals surface area contributed by atoms with Crippen molar-refractivity contribution in [3.05, 3.63) is 0 Å². The van der Waals surface area contributed by atoms with Gasteiger partial charge in [-0.3, -0.25) is 0 Å².